The molecule has 3 heterocycles. The molecule has 2 aliphatic rings. The van der Waals surface area contributed by atoms with Crippen LogP contribution >= 0.6 is 0 Å². The maximum absolute atomic E-state index is 12.0. The molecule has 1 spiro atoms. The number of hydrogen-bond donors (Lipinski definition) is 1. The third-order valence-corrected chi connectivity index (χ3v) is 5.46. The predicted octanol–water partition coefficient (Wildman–Crippen LogP) is 0.574. The number of nitrogens with zero attached hydrogens (tertiary/aromatic N) is 4. The summed E-state index contributed by atoms with van der Waals surface area (Å²) in [7, 11) is 5.63. The molecule has 1 aromatic rings. The number of anilines is 1. The second-order valence-electron chi connectivity index (χ2n) is 7.27. The van der Waals surface area contributed by atoms with Crippen molar-refractivity contribution >= 4 is 17.6 Å². The lowest BCUT2D eigenvalue weighted by molar-refractivity contribution is -0.120. The first-order chi connectivity index (χ1) is 11.9. The smallest absolute Gasteiger partial charge is 0.254 e. The van der Waals surface area contributed by atoms with E-state index in [9.17, 15) is 9.59 Å². The molecule has 2 fully saturated rings. The molecule has 2 saturated heterocycles. The Bertz CT molecular complexity index is 645. The first-order valence-electron chi connectivity index (χ1n) is 8.82. The Morgan fingerprint density at radius 2 is 2.08 bits per heavy atom. The SMILES string of the molecule is CN(C)C(=O)c1ccc(N2CCN(C)[C@]3(CCNC(=O)CC3)C2)nc1. The van der Waals surface area contributed by atoms with E-state index in [4.69, 9.17) is 0 Å². The van der Waals surface area contributed by atoms with Gasteiger partial charge in [0.1, 0.15) is 5.82 Å². The summed E-state index contributed by atoms with van der Waals surface area (Å²) in [6.07, 6.45) is 4.04. The van der Waals surface area contributed by atoms with Gasteiger partial charge in [-0.3, -0.25) is 14.5 Å². The fourth-order valence-electron chi connectivity index (χ4n) is 3.75. The van der Waals surface area contributed by atoms with E-state index in [1.807, 2.05) is 12.1 Å². The van der Waals surface area contributed by atoms with Crippen molar-refractivity contribution in [2.24, 2.45) is 0 Å². The van der Waals surface area contributed by atoms with E-state index in [1.165, 1.54) is 0 Å². The Hall–Kier alpha value is -2.15. The fourth-order valence-corrected chi connectivity index (χ4v) is 3.75. The maximum atomic E-state index is 12.0. The van der Waals surface area contributed by atoms with Gasteiger partial charge in [-0.1, -0.05) is 0 Å². The Balaban J connectivity index is 1.77. The topological polar surface area (TPSA) is 68.8 Å². The number of piperazine rings is 1. The summed E-state index contributed by atoms with van der Waals surface area (Å²) in [5.41, 5.74) is 0.596. The van der Waals surface area contributed by atoms with E-state index in [-0.39, 0.29) is 17.4 Å². The number of likely N-dealkylation sites (N-methyl/N-ethyl adjacent to an activating group) is 1. The van der Waals surface area contributed by atoms with Crippen molar-refractivity contribution in [3.8, 4) is 0 Å². The highest BCUT2D eigenvalue weighted by Gasteiger charge is 2.41. The molecular formula is C18H27N5O2. The van der Waals surface area contributed by atoms with E-state index >= 15 is 0 Å². The van der Waals surface area contributed by atoms with Crippen LogP contribution < -0.4 is 10.2 Å². The zero-order chi connectivity index (χ0) is 18.0. The van der Waals surface area contributed by atoms with Crippen molar-refractivity contribution in [3.05, 3.63) is 23.9 Å². The highest BCUT2D eigenvalue weighted by atomic mass is 16.2. The van der Waals surface area contributed by atoms with Crippen LogP contribution in [0.2, 0.25) is 0 Å². The summed E-state index contributed by atoms with van der Waals surface area (Å²) in [6.45, 7) is 3.41. The van der Waals surface area contributed by atoms with Crippen LogP contribution in [0.15, 0.2) is 18.3 Å². The van der Waals surface area contributed by atoms with Gasteiger partial charge in [-0.2, -0.15) is 0 Å². The molecule has 0 aliphatic carbocycles. The molecule has 25 heavy (non-hydrogen) atoms. The molecule has 0 unspecified atom stereocenters. The van der Waals surface area contributed by atoms with Crippen LogP contribution in [0.3, 0.4) is 0 Å². The summed E-state index contributed by atoms with van der Waals surface area (Å²) in [5, 5.41) is 2.98. The summed E-state index contributed by atoms with van der Waals surface area (Å²) >= 11 is 0. The third kappa shape index (κ3) is 3.61. The number of rotatable bonds is 2. The van der Waals surface area contributed by atoms with Crippen LogP contribution in [0, 0.1) is 0 Å². The molecule has 2 amide bonds. The van der Waals surface area contributed by atoms with Crippen molar-refractivity contribution in [2.45, 2.75) is 24.8 Å². The van der Waals surface area contributed by atoms with Crippen molar-refractivity contribution in [1.29, 1.82) is 0 Å². The largest absolute Gasteiger partial charge is 0.356 e. The lowest BCUT2D eigenvalue weighted by Crippen LogP contribution is -2.61. The van der Waals surface area contributed by atoms with Gasteiger partial charge in [-0.05, 0) is 32.0 Å². The first-order valence-corrected chi connectivity index (χ1v) is 8.82. The minimum Gasteiger partial charge on any atom is -0.356 e. The standard InChI is InChI=1S/C18H27N5O2/c1-21(2)17(25)14-4-5-15(20-12-14)23-11-10-22(3)18(13-23)7-6-16(24)19-9-8-18/h4-5,12H,6-11,13H2,1-3H3,(H,19,24)/t18-/m1/s1. The number of aromatic nitrogens is 1. The Kier molecular flexibility index (Phi) is 4.94. The molecule has 3 rings (SSSR count). The van der Waals surface area contributed by atoms with Crippen LogP contribution in [0.25, 0.3) is 0 Å². The van der Waals surface area contributed by atoms with Gasteiger partial charge in [0.25, 0.3) is 5.91 Å². The zero-order valence-corrected chi connectivity index (χ0v) is 15.3. The number of carbonyl (C=O) groups excluding carboxylic acids is 2. The van der Waals surface area contributed by atoms with Crippen LogP contribution in [0.5, 0.6) is 0 Å². The van der Waals surface area contributed by atoms with Crippen LogP contribution in [0.1, 0.15) is 29.6 Å². The highest BCUT2D eigenvalue weighted by Crippen LogP contribution is 2.32. The molecule has 1 N–H and O–H groups in total. The van der Waals surface area contributed by atoms with Gasteiger partial charge >= 0.3 is 0 Å². The van der Waals surface area contributed by atoms with E-state index in [0.29, 0.717) is 12.0 Å². The molecule has 0 aromatic carbocycles. The van der Waals surface area contributed by atoms with E-state index in [0.717, 1.165) is 44.8 Å². The first kappa shape index (κ1) is 17.7. The lowest BCUT2D eigenvalue weighted by atomic mass is 9.86. The van der Waals surface area contributed by atoms with Gasteiger partial charge < -0.3 is 15.1 Å². The van der Waals surface area contributed by atoms with Gasteiger partial charge in [0.15, 0.2) is 0 Å². The fraction of sp³-hybridized carbons (Fsp3) is 0.611. The van der Waals surface area contributed by atoms with Crippen LogP contribution in [0.4, 0.5) is 5.82 Å². The van der Waals surface area contributed by atoms with Crippen molar-refractivity contribution in [1.82, 2.24) is 20.1 Å². The van der Waals surface area contributed by atoms with Gasteiger partial charge in [0.2, 0.25) is 5.91 Å². The van der Waals surface area contributed by atoms with Gasteiger partial charge in [0, 0.05) is 58.4 Å². The number of hydrogen-bond acceptors (Lipinski definition) is 5. The highest BCUT2D eigenvalue weighted by molar-refractivity contribution is 5.93. The van der Waals surface area contributed by atoms with Crippen LogP contribution in [-0.4, -0.2) is 79.5 Å². The second kappa shape index (κ2) is 7.00. The zero-order valence-electron chi connectivity index (χ0n) is 15.3. The molecule has 1 aromatic heterocycles. The molecule has 7 heteroatoms. The average Bonchev–Trinajstić information content (AvgIpc) is 2.79. The lowest BCUT2D eigenvalue weighted by Gasteiger charge is -2.49. The third-order valence-electron chi connectivity index (χ3n) is 5.46. The number of pyridine rings is 1. The van der Waals surface area contributed by atoms with Crippen LogP contribution in [-0.2, 0) is 4.79 Å². The van der Waals surface area contributed by atoms with Crippen molar-refractivity contribution in [2.75, 3.05) is 52.2 Å². The second-order valence-corrected chi connectivity index (χ2v) is 7.27. The molecular weight excluding hydrogens is 318 g/mol. The Labute approximate surface area is 149 Å². The summed E-state index contributed by atoms with van der Waals surface area (Å²) < 4.78 is 0. The van der Waals surface area contributed by atoms with E-state index in [2.05, 4.69) is 27.1 Å². The number of nitrogens with one attached hydrogen (secondary N) is 1. The molecule has 1 atom stereocenters. The molecule has 2 aliphatic heterocycles. The summed E-state index contributed by atoms with van der Waals surface area (Å²) in [5.74, 6) is 1.00. The van der Waals surface area contributed by atoms with Crippen molar-refractivity contribution < 1.29 is 9.59 Å². The molecule has 0 radical (unpaired) electrons. The number of carbonyl (C=O) groups is 2. The van der Waals surface area contributed by atoms with Gasteiger partial charge in [-0.15, -0.1) is 0 Å². The summed E-state index contributed by atoms with van der Waals surface area (Å²) in [6, 6.07) is 3.77. The van der Waals surface area contributed by atoms with Gasteiger partial charge in [-0.25, -0.2) is 4.98 Å². The molecule has 0 bridgehead atoms. The van der Waals surface area contributed by atoms with E-state index < -0.39 is 0 Å². The minimum atomic E-state index is -0.0396. The number of amides is 2. The normalized spacial score (nSPS) is 24.8. The monoisotopic (exact) mass is 345 g/mol. The van der Waals surface area contributed by atoms with Gasteiger partial charge in [0.05, 0.1) is 5.56 Å². The molecule has 136 valence electrons. The van der Waals surface area contributed by atoms with Crippen molar-refractivity contribution in [3.63, 3.8) is 0 Å². The average molecular weight is 345 g/mol. The molecule has 0 saturated carbocycles. The Morgan fingerprint density at radius 3 is 2.76 bits per heavy atom. The Morgan fingerprint density at radius 1 is 1.28 bits per heavy atom. The predicted molar refractivity (Wildman–Crippen MR) is 96.7 cm³/mol. The van der Waals surface area contributed by atoms with E-state index in [1.54, 1.807) is 25.2 Å². The quantitative estimate of drug-likeness (QED) is 0.849. The molecule has 7 nitrogen and oxygen atoms in total. The maximum Gasteiger partial charge on any atom is 0.254 e. The minimum absolute atomic E-state index is 0.00276. The summed E-state index contributed by atoms with van der Waals surface area (Å²) in [4.78, 5) is 34.5.